The van der Waals surface area contributed by atoms with Gasteiger partial charge < -0.3 is 10.2 Å². The highest BCUT2D eigenvalue weighted by Gasteiger charge is 2.19. The van der Waals surface area contributed by atoms with Crippen LogP contribution in [0.4, 0.5) is 0 Å². The van der Waals surface area contributed by atoms with Gasteiger partial charge in [-0.1, -0.05) is 12.1 Å². The molecule has 3 aromatic rings. The van der Waals surface area contributed by atoms with Crippen LogP contribution < -0.4 is 5.32 Å². The van der Waals surface area contributed by atoms with Gasteiger partial charge in [0.15, 0.2) is 0 Å². The van der Waals surface area contributed by atoms with Crippen LogP contribution in [-0.2, 0) is 4.79 Å². The summed E-state index contributed by atoms with van der Waals surface area (Å²) in [6.07, 6.45) is 2.10. The van der Waals surface area contributed by atoms with E-state index in [0.717, 1.165) is 46.0 Å². The van der Waals surface area contributed by atoms with E-state index in [4.69, 9.17) is 0 Å². The molecule has 5 nitrogen and oxygen atoms in total. The van der Waals surface area contributed by atoms with Crippen molar-refractivity contribution in [3.63, 3.8) is 0 Å². The van der Waals surface area contributed by atoms with Crippen molar-refractivity contribution in [2.75, 3.05) is 19.6 Å². The Morgan fingerprint density at radius 1 is 1.08 bits per heavy atom. The number of thiazole rings is 1. The largest absolute Gasteiger partial charge is 0.342 e. The summed E-state index contributed by atoms with van der Waals surface area (Å²) in [7, 11) is 0. The van der Waals surface area contributed by atoms with Crippen molar-refractivity contribution in [2.24, 2.45) is 0 Å². The summed E-state index contributed by atoms with van der Waals surface area (Å²) in [6, 6.07) is 11.7. The molecule has 0 spiro atoms. The Morgan fingerprint density at radius 3 is 2.68 bits per heavy atom. The summed E-state index contributed by atoms with van der Waals surface area (Å²) in [5, 5.41) is 3.65. The molecular weight excluding hydrogens is 354 g/mol. The molecule has 4 rings (SSSR count). The molecule has 0 saturated carbocycles. The second kappa shape index (κ2) is 6.93. The van der Waals surface area contributed by atoms with Gasteiger partial charge in [-0.05, 0) is 37.1 Å². The Balaban J connectivity index is 1.43. The predicted molar refractivity (Wildman–Crippen MR) is 101 cm³/mol. The summed E-state index contributed by atoms with van der Waals surface area (Å²) >= 11 is 3.02. The number of fused-ring (bicyclic) bond motifs is 1. The van der Waals surface area contributed by atoms with E-state index in [9.17, 15) is 9.59 Å². The molecule has 1 aromatic carbocycles. The highest BCUT2D eigenvalue weighted by Crippen LogP contribution is 2.34. The lowest BCUT2D eigenvalue weighted by Crippen LogP contribution is -2.38. The number of rotatable bonds is 4. The van der Waals surface area contributed by atoms with Gasteiger partial charge in [0, 0.05) is 13.1 Å². The van der Waals surface area contributed by atoms with Crippen molar-refractivity contribution in [1.82, 2.24) is 15.2 Å². The average Bonchev–Trinajstić information content (AvgIpc) is 3.38. The van der Waals surface area contributed by atoms with Crippen molar-refractivity contribution >= 4 is 44.7 Å². The molecule has 1 aliphatic heterocycles. The van der Waals surface area contributed by atoms with Crippen LogP contribution in [-0.4, -0.2) is 41.3 Å². The second-order valence-electron chi connectivity index (χ2n) is 5.92. The molecule has 0 atom stereocenters. The number of carbonyl (C=O) groups excluding carboxylic acids is 2. The van der Waals surface area contributed by atoms with Crippen molar-refractivity contribution < 1.29 is 9.59 Å². The van der Waals surface area contributed by atoms with Gasteiger partial charge in [-0.3, -0.25) is 9.59 Å². The number of amides is 2. The molecule has 128 valence electrons. The van der Waals surface area contributed by atoms with Crippen LogP contribution in [0.15, 0.2) is 36.4 Å². The molecule has 1 aliphatic rings. The maximum Gasteiger partial charge on any atom is 0.261 e. The Kier molecular flexibility index (Phi) is 4.50. The van der Waals surface area contributed by atoms with E-state index in [-0.39, 0.29) is 18.4 Å². The molecule has 2 aromatic heterocycles. The highest BCUT2D eigenvalue weighted by atomic mass is 32.1. The molecule has 0 aliphatic carbocycles. The van der Waals surface area contributed by atoms with Crippen LogP contribution in [0.25, 0.3) is 20.1 Å². The maximum absolute atomic E-state index is 12.3. The van der Waals surface area contributed by atoms with E-state index in [1.54, 1.807) is 22.3 Å². The Morgan fingerprint density at radius 2 is 1.88 bits per heavy atom. The normalized spacial score (nSPS) is 14.2. The minimum absolute atomic E-state index is 0.00574. The first-order valence-electron chi connectivity index (χ1n) is 8.22. The predicted octanol–water partition coefficient (Wildman–Crippen LogP) is 3.38. The summed E-state index contributed by atoms with van der Waals surface area (Å²) in [5.74, 6) is -0.210. The minimum atomic E-state index is -0.204. The van der Waals surface area contributed by atoms with Gasteiger partial charge in [0.1, 0.15) is 5.01 Å². The molecule has 1 N–H and O–H groups in total. The molecule has 2 amide bonds. The number of hydrogen-bond donors (Lipinski definition) is 1. The Labute approximate surface area is 153 Å². The number of nitrogens with one attached hydrogen (secondary N) is 1. The highest BCUT2D eigenvalue weighted by molar-refractivity contribution is 7.26. The van der Waals surface area contributed by atoms with Crippen molar-refractivity contribution in [1.29, 1.82) is 0 Å². The summed E-state index contributed by atoms with van der Waals surface area (Å²) in [5.41, 5.74) is 0.970. The van der Waals surface area contributed by atoms with Crippen molar-refractivity contribution in [3.05, 3.63) is 41.3 Å². The number of carbonyl (C=O) groups is 2. The first-order chi connectivity index (χ1) is 12.2. The standard InChI is InChI=1S/C18H17N3O2S2/c22-16(21-9-3-4-10-21)11-19-17(23)14-7-8-15(24-14)18-20-12-5-1-2-6-13(12)25-18/h1-2,5-8H,3-4,9-11H2,(H,19,23). The van der Waals surface area contributed by atoms with E-state index >= 15 is 0 Å². The number of benzene rings is 1. The van der Waals surface area contributed by atoms with Gasteiger partial charge in [0.05, 0.1) is 26.5 Å². The smallest absolute Gasteiger partial charge is 0.261 e. The lowest BCUT2D eigenvalue weighted by atomic mass is 10.3. The van der Waals surface area contributed by atoms with Crippen LogP contribution in [0.5, 0.6) is 0 Å². The molecule has 3 heterocycles. The zero-order valence-corrected chi connectivity index (χ0v) is 15.2. The molecule has 0 bridgehead atoms. The molecule has 7 heteroatoms. The minimum Gasteiger partial charge on any atom is -0.342 e. The SMILES string of the molecule is O=C(NCC(=O)N1CCCC1)c1ccc(-c2nc3ccccc3s2)s1. The van der Waals surface area contributed by atoms with E-state index in [0.29, 0.717) is 4.88 Å². The second-order valence-corrected chi connectivity index (χ2v) is 8.04. The van der Waals surface area contributed by atoms with E-state index in [1.807, 2.05) is 30.3 Å². The van der Waals surface area contributed by atoms with Gasteiger partial charge >= 0.3 is 0 Å². The van der Waals surface area contributed by atoms with Gasteiger partial charge in [-0.2, -0.15) is 0 Å². The molecule has 0 radical (unpaired) electrons. The third-order valence-electron chi connectivity index (χ3n) is 4.19. The fraction of sp³-hybridized carbons (Fsp3) is 0.278. The molecule has 0 unspecified atom stereocenters. The summed E-state index contributed by atoms with van der Waals surface area (Å²) in [6.45, 7) is 1.66. The Bertz CT molecular complexity index is 892. The van der Waals surface area contributed by atoms with Crippen LogP contribution >= 0.6 is 22.7 Å². The number of hydrogen-bond acceptors (Lipinski definition) is 5. The third-order valence-corrected chi connectivity index (χ3v) is 6.48. The summed E-state index contributed by atoms with van der Waals surface area (Å²) in [4.78, 5) is 32.3. The van der Waals surface area contributed by atoms with Crippen LogP contribution in [0.1, 0.15) is 22.5 Å². The van der Waals surface area contributed by atoms with Crippen LogP contribution in [0, 0.1) is 0 Å². The van der Waals surface area contributed by atoms with Crippen LogP contribution in [0.2, 0.25) is 0 Å². The van der Waals surface area contributed by atoms with Crippen molar-refractivity contribution in [3.8, 4) is 9.88 Å². The zero-order valence-electron chi connectivity index (χ0n) is 13.5. The number of likely N-dealkylation sites (tertiary alicyclic amines) is 1. The van der Waals surface area contributed by atoms with E-state index in [1.165, 1.54) is 11.3 Å². The fourth-order valence-corrected chi connectivity index (χ4v) is 4.82. The Hall–Kier alpha value is -2.25. The van der Waals surface area contributed by atoms with E-state index < -0.39 is 0 Å². The lowest BCUT2D eigenvalue weighted by Gasteiger charge is -2.15. The molecule has 1 saturated heterocycles. The zero-order chi connectivity index (χ0) is 17.2. The topological polar surface area (TPSA) is 62.3 Å². The number of para-hydroxylation sites is 1. The first-order valence-corrected chi connectivity index (χ1v) is 9.86. The third kappa shape index (κ3) is 3.43. The number of aromatic nitrogens is 1. The quantitative estimate of drug-likeness (QED) is 0.765. The summed E-state index contributed by atoms with van der Waals surface area (Å²) < 4.78 is 1.13. The number of thiophene rings is 1. The lowest BCUT2D eigenvalue weighted by molar-refractivity contribution is -0.129. The van der Waals surface area contributed by atoms with Gasteiger partial charge in [-0.15, -0.1) is 22.7 Å². The molecular formula is C18H17N3O2S2. The van der Waals surface area contributed by atoms with Gasteiger partial charge in [0.25, 0.3) is 5.91 Å². The fourth-order valence-electron chi connectivity index (χ4n) is 2.87. The van der Waals surface area contributed by atoms with Crippen LogP contribution in [0.3, 0.4) is 0 Å². The molecule has 25 heavy (non-hydrogen) atoms. The maximum atomic E-state index is 12.3. The number of nitrogens with zero attached hydrogens (tertiary/aromatic N) is 2. The first kappa shape index (κ1) is 16.2. The van der Waals surface area contributed by atoms with E-state index in [2.05, 4.69) is 10.3 Å². The average molecular weight is 371 g/mol. The van der Waals surface area contributed by atoms with Gasteiger partial charge in [-0.25, -0.2) is 4.98 Å². The van der Waals surface area contributed by atoms with Crippen molar-refractivity contribution in [2.45, 2.75) is 12.8 Å². The molecule has 1 fully saturated rings. The monoisotopic (exact) mass is 371 g/mol. The van der Waals surface area contributed by atoms with Gasteiger partial charge in [0.2, 0.25) is 5.91 Å².